The van der Waals surface area contributed by atoms with Crippen LogP contribution in [-0.2, 0) is 0 Å². The van der Waals surface area contributed by atoms with Crippen molar-refractivity contribution in [2.45, 2.75) is 45.1 Å². The quantitative estimate of drug-likeness (QED) is 0.873. The van der Waals surface area contributed by atoms with E-state index < -0.39 is 0 Å². The smallest absolute Gasteiger partial charge is 0.141 e. The van der Waals surface area contributed by atoms with E-state index >= 15 is 0 Å². The van der Waals surface area contributed by atoms with Crippen molar-refractivity contribution < 1.29 is 4.39 Å². The average Bonchev–Trinajstić information content (AvgIpc) is 2.39. The highest BCUT2D eigenvalue weighted by Gasteiger charge is 2.27. The molecule has 0 aromatic carbocycles. The average molecular weight is 236 g/mol. The number of hydrogen-bond acceptors (Lipinski definition) is 2. The second-order valence-corrected chi connectivity index (χ2v) is 5.13. The summed E-state index contributed by atoms with van der Waals surface area (Å²) < 4.78 is 12.8. The molecule has 17 heavy (non-hydrogen) atoms. The summed E-state index contributed by atoms with van der Waals surface area (Å²) >= 11 is 0. The third-order valence-electron chi connectivity index (χ3n) is 4.00. The minimum atomic E-state index is -0.295. The van der Waals surface area contributed by atoms with Gasteiger partial charge in [0.25, 0.3) is 0 Å². The molecular formula is C14H21FN2. The maximum Gasteiger partial charge on any atom is 0.141 e. The summed E-state index contributed by atoms with van der Waals surface area (Å²) in [6.45, 7) is 2.24. The second-order valence-electron chi connectivity index (χ2n) is 5.13. The molecule has 94 valence electrons. The van der Waals surface area contributed by atoms with Crippen LogP contribution in [0.25, 0.3) is 0 Å². The molecule has 1 fully saturated rings. The normalized spacial score (nSPS) is 26.8. The zero-order valence-corrected chi connectivity index (χ0v) is 10.4. The number of rotatable bonds is 3. The van der Waals surface area contributed by atoms with Crippen molar-refractivity contribution in [2.24, 2.45) is 17.6 Å². The standard InChI is InChI=1S/C14H21FN2/c1-2-10-4-3-5-11(8-10)14(16)13-7-6-12(15)9-17-13/h6-7,9-11,14H,2-5,8,16H2,1H3. The Kier molecular flexibility index (Phi) is 4.11. The molecule has 0 aliphatic heterocycles. The Morgan fingerprint density at radius 2 is 2.29 bits per heavy atom. The van der Waals surface area contributed by atoms with Crippen LogP contribution in [0.4, 0.5) is 4.39 Å². The van der Waals surface area contributed by atoms with Crippen molar-refractivity contribution in [1.29, 1.82) is 0 Å². The Labute approximate surface area is 102 Å². The monoisotopic (exact) mass is 236 g/mol. The van der Waals surface area contributed by atoms with Gasteiger partial charge in [0.05, 0.1) is 11.9 Å². The van der Waals surface area contributed by atoms with Crippen molar-refractivity contribution in [1.82, 2.24) is 4.98 Å². The Morgan fingerprint density at radius 3 is 2.94 bits per heavy atom. The van der Waals surface area contributed by atoms with Crippen molar-refractivity contribution in [3.63, 3.8) is 0 Å². The lowest BCUT2D eigenvalue weighted by Gasteiger charge is -2.32. The van der Waals surface area contributed by atoms with E-state index in [9.17, 15) is 4.39 Å². The van der Waals surface area contributed by atoms with E-state index in [0.717, 1.165) is 11.6 Å². The summed E-state index contributed by atoms with van der Waals surface area (Å²) in [7, 11) is 0. The number of hydrogen-bond donors (Lipinski definition) is 1. The topological polar surface area (TPSA) is 38.9 Å². The van der Waals surface area contributed by atoms with Crippen LogP contribution >= 0.6 is 0 Å². The highest BCUT2D eigenvalue weighted by Crippen LogP contribution is 2.36. The molecule has 1 heterocycles. The molecule has 1 aromatic rings. The van der Waals surface area contributed by atoms with Crippen molar-refractivity contribution >= 4 is 0 Å². The van der Waals surface area contributed by atoms with E-state index in [1.54, 1.807) is 6.07 Å². The largest absolute Gasteiger partial charge is 0.322 e. The Bertz CT molecular complexity index is 350. The van der Waals surface area contributed by atoms with Crippen molar-refractivity contribution in [2.75, 3.05) is 0 Å². The molecule has 3 heteroatoms. The van der Waals surface area contributed by atoms with E-state index in [0.29, 0.717) is 5.92 Å². The molecule has 0 radical (unpaired) electrons. The molecule has 2 N–H and O–H groups in total. The van der Waals surface area contributed by atoms with Crippen LogP contribution in [0.15, 0.2) is 18.3 Å². The minimum absolute atomic E-state index is 0.0371. The first kappa shape index (κ1) is 12.5. The van der Waals surface area contributed by atoms with E-state index in [1.807, 2.05) is 0 Å². The maximum absolute atomic E-state index is 12.8. The van der Waals surface area contributed by atoms with Gasteiger partial charge in [-0.15, -0.1) is 0 Å². The molecule has 3 unspecified atom stereocenters. The van der Waals surface area contributed by atoms with Crippen LogP contribution in [0.3, 0.4) is 0 Å². The molecule has 2 nitrogen and oxygen atoms in total. The van der Waals surface area contributed by atoms with E-state index in [1.165, 1.54) is 44.4 Å². The molecule has 2 rings (SSSR count). The lowest BCUT2D eigenvalue weighted by Crippen LogP contribution is -2.27. The van der Waals surface area contributed by atoms with E-state index in [2.05, 4.69) is 11.9 Å². The van der Waals surface area contributed by atoms with Gasteiger partial charge in [-0.3, -0.25) is 4.98 Å². The zero-order valence-electron chi connectivity index (χ0n) is 10.4. The first-order valence-corrected chi connectivity index (χ1v) is 6.57. The molecule has 1 aromatic heterocycles. The van der Waals surface area contributed by atoms with Crippen LogP contribution in [0.5, 0.6) is 0 Å². The van der Waals surface area contributed by atoms with Crippen LogP contribution in [0.2, 0.25) is 0 Å². The zero-order chi connectivity index (χ0) is 12.3. The van der Waals surface area contributed by atoms with Gasteiger partial charge in [-0.2, -0.15) is 0 Å². The fraction of sp³-hybridized carbons (Fsp3) is 0.643. The fourth-order valence-corrected chi connectivity index (χ4v) is 2.86. The molecule has 0 saturated heterocycles. The van der Waals surface area contributed by atoms with Crippen LogP contribution in [0, 0.1) is 17.7 Å². The molecule has 1 saturated carbocycles. The lowest BCUT2D eigenvalue weighted by molar-refractivity contribution is 0.228. The third-order valence-corrected chi connectivity index (χ3v) is 4.00. The van der Waals surface area contributed by atoms with Gasteiger partial charge in [-0.1, -0.05) is 26.2 Å². The lowest BCUT2D eigenvalue weighted by atomic mass is 9.76. The Balaban J connectivity index is 2.03. The predicted molar refractivity (Wildman–Crippen MR) is 66.9 cm³/mol. The van der Waals surface area contributed by atoms with Crippen LogP contribution in [0.1, 0.15) is 50.8 Å². The Morgan fingerprint density at radius 1 is 1.47 bits per heavy atom. The molecule has 1 aliphatic rings. The fourth-order valence-electron chi connectivity index (χ4n) is 2.86. The summed E-state index contributed by atoms with van der Waals surface area (Å²) in [5.74, 6) is 1.02. The molecule has 0 bridgehead atoms. The first-order chi connectivity index (χ1) is 8.20. The SMILES string of the molecule is CCC1CCCC(C(N)c2ccc(F)cn2)C1. The van der Waals surface area contributed by atoms with Crippen LogP contribution in [-0.4, -0.2) is 4.98 Å². The summed E-state index contributed by atoms with van der Waals surface area (Å²) in [4.78, 5) is 4.10. The second kappa shape index (κ2) is 5.58. The van der Waals surface area contributed by atoms with Gasteiger partial charge in [-0.05, 0) is 36.8 Å². The Hall–Kier alpha value is -0.960. The number of halogens is 1. The first-order valence-electron chi connectivity index (χ1n) is 6.57. The summed E-state index contributed by atoms with van der Waals surface area (Å²) in [6, 6.07) is 3.13. The van der Waals surface area contributed by atoms with Crippen molar-refractivity contribution in [3.8, 4) is 0 Å². The molecule has 3 atom stereocenters. The van der Waals surface area contributed by atoms with E-state index in [4.69, 9.17) is 5.73 Å². The third kappa shape index (κ3) is 3.03. The van der Waals surface area contributed by atoms with E-state index in [-0.39, 0.29) is 11.9 Å². The summed E-state index contributed by atoms with van der Waals surface area (Å²) in [5, 5.41) is 0. The molecule has 1 aliphatic carbocycles. The van der Waals surface area contributed by atoms with Gasteiger partial charge < -0.3 is 5.73 Å². The van der Waals surface area contributed by atoms with Gasteiger partial charge in [0.2, 0.25) is 0 Å². The highest BCUT2D eigenvalue weighted by atomic mass is 19.1. The number of aromatic nitrogens is 1. The van der Waals surface area contributed by atoms with Crippen LogP contribution < -0.4 is 5.73 Å². The minimum Gasteiger partial charge on any atom is -0.322 e. The summed E-state index contributed by atoms with van der Waals surface area (Å²) in [6.07, 6.45) is 7.46. The summed E-state index contributed by atoms with van der Waals surface area (Å²) in [5.41, 5.74) is 7.08. The molecule has 0 spiro atoms. The van der Waals surface area contributed by atoms with Gasteiger partial charge >= 0.3 is 0 Å². The van der Waals surface area contributed by atoms with Gasteiger partial charge in [0.1, 0.15) is 5.82 Å². The number of nitrogens with zero attached hydrogens (tertiary/aromatic N) is 1. The van der Waals surface area contributed by atoms with Gasteiger partial charge in [0, 0.05) is 6.04 Å². The molecular weight excluding hydrogens is 215 g/mol. The molecule has 0 amide bonds. The number of nitrogens with two attached hydrogens (primary N) is 1. The predicted octanol–water partition coefficient (Wildman–Crippen LogP) is 3.44. The van der Waals surface area contributed by atoms with Crippen molar-refractivity contribution in [3.05, 3.63) is 29.8 Å². The van der Waals surface area contributed by atoms with Gasteiger partial charge in [-0.25, -0.2) is 4.39 Å². The number of pyridine rings is 1. The highest BCUT2D eigenvalue weighted by molar-refractivity contribution is 5.10. The van der Waals surface area contributed by atoms with Gasteiger partial charge in [0.15, 0.2) is 0 Å². The maximum atomic E-state index is 12.8.